The average molecular weight is 262 g/mol. The molecule has 0 radical (unpaired) electrons. The first-order valence-corrected chi connectivity index (χ1v) is 6.95. The largest absolute Gasteiger partial charge is 0.481 e. The lowest BCUT2D eigenvalue weighted by Gasteiger charge is -2.27. The summed E-state index contributed by atoms with van der Waals surface area (Å²) in [5, 5.41) is 9.70. The van der Waals surface area contributed by atoms with E-state index in [-0.39, 0.29) is 6.10 Å². The molecule has 19 heavy (non-hydrogen) atoms. The van der Waals surface area contributed by atoms with Gasteiger partial charge in [-0.2, -0.15) is 0 Å². The molecule has 1 N–H and O–H groups in total. The van der Waals surface area contributed by atoms with Crippen molar-refractivity contribution in [2.45, 2.75) is 50.5 Å². The molecule has 2 rings (SSSR count). The summed E-state index contributed by atoms with van der Waals surface area (Å²) in [4.78, 5) is 11.8. The Kier molecular flexibility index (Phi) is 4.25. The maximum atomic E-state index is 11.8. The molecule has 3 heteroatoms. The number of carboxylic acids is 1. The first kappa shape index (κ1) is 14.1. The van der Waals surface area contributed by atoms with E-state index in [0.717, 1.165) is 43.2 Å². The van der Waals surface area contributed by atoms with Gasteiger partial charge in [0.2, 0.25) is 0 Å². The molecule has 1 aromatic carbocycles. The lowest BCUT2D eigenvalue weighted by atomic mass is 9.76. The molecule has 1 saturated carbocycles. The molecule has 1 aliphatic rings. The summed E-state index contributed by atoms with van der Waals surface area (Å²) in [7, 11) is 1.69. The number of rotatable bonds is 5. The van der Waals surface area contributed by atoms with Crippen molar-refractivity contribution < 1.29 is 14.6 Å². The summed E-state index contributed by atoms with van der Waals surface area (Å²) in [6.07, 6.45) is 4.37. The molecule has 0 amide bonds. The Labute approximate surface area is 114 Å². The van der Waals surface area contributed by atoms with E-state index in [0.29, 0.717) is 0 Å². The molecule has 0 saturated heterocycles. The SMILES string of the molecule is COC(C)Cc1ccccc1C1(C(=O)O)CCCC1. The topological polar surface area (TPSA) is 46.5 Å². The lowest BCUT2D eigenvalue weighted by molar-refractivity contribution is -0.143. The van der Waals surface area contributed by atoms with Crippen molar-refractivity contribution in [3.05, 3.63) is 35.4 Å². The Morgan fingerprint density at radius 3 is 2.58 bits per heavy atom. The van der Waals surface area contributed by atoms with E-state index < -0.39 is 11.4 Å². The summed E-state index contributed by atoms with van der Waals surface area (Å²) < 4.78 is 5.32. The van der Waals surface area contributed by atoms with E-state index in [1.54, 1.807) is 7.11 Å². The third-order valence-electron chi connectivity index (χ3n) is 4.31. The van der Waals surface area contributed by atoms with Gasteiger partial charge in [0.1, 0.15) is 0 Å². The highest BCUT2D eigenvalue weighted by atomic mass is 16.5. The van der Waals surface area contributed by atoms with Gasteiger partial charge in [-0.15, -0.1) is 0 Å². The van der Waals surface area contributed by atoms with E-state index in [2.05, 4.69) is 0 Å². The third kappa shape index (κ3) is 2.66. The molecule has 0 heterocycles. The fraction of sp³-hybridized carbons (Fsp3) is 0.562. The Hall–Kier alpha value is -1.35. The zero-order chi connectivity index (χ0) is 13.9. The minimum Gasteiger partial charge on any atom is -0.481 e. The normalized spacial score (nSPS) is 19.3. The van der Waals surface area contributed by atoms with Crippen LogP contribution < -0.4 is 0 Å². The number of benzene rings is 1. The molecule has 1 unspecified atom stereocenters. The second-order valence-corrected chi connectivity index (χ2v) is 5.50. The van der Waals surface area contributed by atoms with Crippen LogP contribution in [0.25, 0.3) is 0 Å². The fourth-order valence-electron chi connectivity index (χ4n) is 3.14. The van der Waals surface area contributed by atoms with Gasteiger partial charge in [0.25, 0.3) is 0 Å². The van der Waals surface area contributed by atoms with Crippen molar-refractivity contribution in [3.63, 3.8) is 0 Å². The molecule has 0 bridgehead atoms. The Balaban J connectivity index is 2.40. The van der Waals surface area contributed by atoms with E-state index in [4.69, 9.17) is 4.74 Å². The van der Waals surface area contributed by atoms with Crippen molar-refractivity contribution in [2.24, 2.45) is 0 Å². The minimum atomic E-state index is -0.678. The standard InChI is InChI=1S/C16H22O3/c1-12(19-2)11-13-7-3-4-8-14(13)16(15(17)18)9-5-6-10-16/h3-4,7-8,12H,5-6,9-11H2,1-2H3,(H,17,18). The average Bonchev–Trinajstić information content (AvgIpc) is 2.90. The molecule has 3 nitrogen and oxygen atoms in total. The second-order valence-electron chi connectivity index (χ2n) is 5.50. The first-order valence-electron chi connectivity index (χ1n) is 6.95. The summed E-state index contributed by atoms with van der Waals surface area (Å²) >= 11 is 0. The number of aliphatic carboxylic acids is 1. The first-order chi connectivity index (χ1) is 9.10. The van der Waals surface area contributed by atoms with Crippen LogP contribution in [0.1, 0.15) is 43.7 Å². The molecule has 1 aliphatic carbocycles. The zero-order valence-corrected chi connectivity index (χ0v) is 11.7. The monoisotopic (exact) mass is 262 g/mol. The molecular formula is C16H22O3. The van der Waals surface area contributed by atoms with Gasteiger partial charge < -0.3 is 9.84 Å². The van der Waals surface area contributed by atoms with Crippen LogP contribution in [0.5, 0.6) is 0 Å². The van der Waals surface area contributed by atoms with Crippen molar-refractivity contribution in [2.75, 3.05) is 7.11 Å². The number of hydrogen-bond donors (Lipinski definition) is 1. The van der Waals surface area contributed by atoms with Crippen LogP contribution in [0.2, 0.25) is 0 Å². The van der Waals surface area contributed by atoms with Crippen LogP contribution >= 0.6 is 0 Å². The number of methoxy groups -OCH3 is 1. The molecule has 0 spiro atoms. The summed E-state index contributed by atoms with van der Waals surface area (Å²) in [6.45, 7) is 2.01. The van der Waals surface area contributed by atoms with Gasteiger partial charge in [-0.25, -0.2) is 0 Å². The zero-order valence-electron chi connectivity index (χ0n) is 11.7. The van der Waals surface area contributed by atoms with Crippen LogP contribution in [0.3, 0.4) is 0 Å². The number of carbonyl (C=O) groups is 1. The molecule has 1 aromatic rings. The van der Waals surface area contributed by atoms with E-state index in [9.17, 15) is 9.90 Å². The van der Waals surface area contributed by atoms with Crippen molar-refractivity contribution in [3.8, 4) is 0 Å². The van der Waals surface area contributed by atoms with Crippen LogP contribution in [0, 0.1) is 0 Å². The lowest BCUT2D eigenvalue weighted by Crippen LogP contribution is -2.34. The van der Waals surface area contributed by atoms with E-state index in [1.165, 1.54) is 0 Å². The van der Waals surface area contributed by atoms with E-state index >= 15 is 0 Å². The van der Waals surface area contributed by atoms with Gasteiger partial charge in [0.05, 0.1) is 11.5 Å². The van der Waals surface area contributed by atoms with Crippen LogP contribution in [0.4, 0.5) is 0 Å². The van der Waals surface area contributed by atoms with Gasteiger partial charge in [-0.05, 0) is 37.3 Å². The van der Waals surface area contributed by atoms with Gasteiger partial charge in [0.15, 0.2) is 0 Å². The molecule has 0 aliphatic heterocycles. The molecule has 1 fully saturated rings. The quantitative estimate of drug-likeness (QED) is 0.886. The number of ether oxygens (including phenoxy) is 1. The van der Waals surface area contributed by atoms with Gasteiger partial charge in [-0.3, -0.25) is 4.79 Å². The summed E-state index contributed by atoms with van der Waals surface area (Å²) in [5.74, 6) is -0.678. The summed E-state index contributed by atoms with van der Waals surface area (Å²) in [5.41, 5.74) is 1.43. The second kappa shape index (κ2) is 5.74. The van der Waals surface area contributed by atoms with Crippen molar-refractivity contribution >= 4 is 5.97 Å². The fourth-order valence-corrected chi connectivity index (χ4v) is 3.14. The number of hydrogen-bond acceptors (Lipinski definition) is 2. The highest BCUT2D eigenvalue weighted by molar-refractivity contribution is 5.82. The maximum Gasteiger partial charge on any atom is 0.314 e. The molecule has 1 atom stereocenters. The van der Waals surface area contributed by atoms with Crippen molar-refractivity contribution in [1.82, 2.24) is 0 Å². The smallest absolute Gasteiger partial charge is 0.314 e. The Morgan fingerprint density at radius 2 is 2.00 bits per heavy atom. The van der Waals surface area contributed by atoms with E-state index in [1.807, 2.05) is 31.2 Å². The van der Waals surface area contributed by atoms with Gasteiger partial charge in [0, 0.05) is 7.11 Å². The predicted molar refractivity (Wildman–Crippen MR) is 74.4 cm³/mol. The highest BCUT2D eigenvalue weighted by Crippen LogP contribution is 2.43. The number of carboxylic acid groups (broad SMARTS) is 1. The molecular weight excluding hydrogens is 240 g/mol. The van der Waals surface area contributed by atoms with Crippen molar-refractivity contribution in [1.29, 1.82) is 0 Å². The maximum absolute atomic E-state index is 11.8. The van der Waals surface area contributed by atoms with Crippen LogP contribution in [-0.2, 0) is 21.4 Å². The predicted octanol–water partition coefficient (Wildman–Crippen LogP) is 3.16. The van der Waals surface area contributed by atoms with Crippen LogP contribution in [0.15, 0.2) is 24.3 Å². The summed E-state index contributed by atoms with van der Waals surface area (Å²) in [6, 6.07) is 7.94. The van der Waals surface area contributed by atoms with Gasteiger partial charge >= 0.3 is 5.97 Å². The third-order valence-corrected chi connectivity index (χ3v) is 4.31. The van der Waals surface area contributed by atoms with Gasteiger partial charge in [-0.1, -0.05) is 37.1 Å². The minimum absolute atomic E-state index is 0.105. The van der Waals surface area contributed by atoms with Crippen LogP contribution in [-0.4, -0.2) is 24.3 Å². The Bertz CT molecular complexity index is 447. The molecule has 0 aromatic heterocycles. The Morgan fingerprint density at radius 1 is 1.37 bits per heavy atom. The molecule has 104 valence electrons. The highest BCUT2D eigenvalue weighted by Gasteiger charge is 2.44.